The molecule has 0 saturated heterocycles. The molecule has 4 heteroatoms. The molecule has 0 aromatic heterocycles. The van der Waals surface area contributed by atoms with E-state index < -0.39 is 6.10 Å². The van der Waals surface area contributed by atoms with Crippen LogP contribution < -0.4 is 10.2 Å². The van der Waals surface area contributed by atoms with Crippen LogP contribution in [0.4, 0.5) is 5.69 Å². The monoisotopic (exact) mass is 278 g/mol. The summed E-state index contributed by atoms with van der Waals surface area (Å²) in [5.74, 6) is 0. The van der Waals surface area contributed by atoms with Crippen molar-refractivity contribution in [1.82, 2.24) is 5.32 Å². The summed E-state index contributed by atoms with van der Waals surface area (Å²) >= 11 is 0. The van der Waals surface area contributed by atoms with Gasteiger partial charge in [-0.25, -0.2) is 0 Å². The topological polar surface area (TPSA) is 55.7 Å². The van der Waals surface area contributed by atoms with Crippen molar-refractivity contribution in [3.05, 3.63) is 29.8 Å². The van der Waals surface area contributed by atoms with Gasteiger partial charge in [0.05, 0.1) is 12.7 Å². The number of nitrogens with zero attached hydrogens (tertiary/aromatic N) is 1. The third kappa shape index (κ3) is 3.72. The molecule has 1 aliphatic rings. The number of rotatable bonds is 6. The molecule has 4 nitrogen and oxygen atoms in total. The van der Waals surface area contributed by atoms with E-state index in [0.717, 1.165) is 32.4 Å². The number of aliphatic hydroxyl groups excluding tert-OH is 2. The second-order valence-corrected chi connectivity index (χ2v) is 5.49. The number of fused-ring (bicyclic) bond motifs is 1. The van der Waals surface area contributed by atoms with Crippen LogP contribution in [0, 0.1) is 0 Å². The molecule has 1 aromatic carbocycles. The van der Waals surface area contributed by atoms with Gasteiger partial charge in [-0.15, -0.1) is 0 Å². The van der Waals surface area contributed by atoms with Gasteiger partial charge in [0.2, 0.25) is 0 Å². The molecule has 0 saturated carbocycles. The van der Waals surface area contributed by atoms with Crippen molar-refractivity contribution in [2.45, 2.75) is 38.3 Å². The minimum absolute atomic E-state index is 0.184. The van der Waals surface area contributed by atoms with Gasteiger partial charge >= 0.3 is 0 Å². The summed E-state index contributed by atoms with van der Waals surface area (Å²) < 4.78 is 0. The maximum absolute atomic E-state index is 9.73. The van der Waals surface area contributed by atoms with Crippen LogP contribution in [0.5, 0.6) is 0 Å². The largest absolute Gasteiger partial charge is 0.394 e. The highest BCUT2D eigenvalue weighted by Gasteiger charge is 2.23. The first-order chi connectivity index (χ1) is 9.76. The molecule has 20 heavy (non-hydrogen) atoms. The Morgan fingerprint density at radius 3 is 2.95 bits per heavy atom. The lowest BCUT2D eigenvalue weighted by Gasteiger charge is -2.27. The normalized spacial score (nSPS) is 20.4. The Hall–Kier alpha value is -1.10. The molecular weight excluding hydrogens is 252 g/mol. The standard InChI is InChI=1S/C16H26N2O2/c1-2-9-17-15-7-5-10-18(11-13(20)12-19)16-8-4-3-6-14(15)16/h3-4,6,8,13,15,17,19-20H,2,5,7,9-12H2,1H3. The number of benzene rings is 1. The lowest BCUT2D eigenvalue weighted by atomic mass is 10.0. The molecule has 2 rings (SSSR count). The first kappa shape index (κ1) is 15.3. The number of hydrogen-bond acceptors (Lipinski definition) is 4. The highest BCUT2D eigenvalue weighted by Crippen LogP contribution is 2.32. The van der Waals surface area contributed by atoms with Gasteiger partial charge < -0.3 is 20.4 Å². The Kier molecular flexibility index (Phi) is 5.83. The number of para-hydroxylation sites is 1. The lowest BCUT2D eigenvalue weighted by Crippen LogP contribution is -2.35. The molecular formula is C16H26N2O2. The van der Waals surface area contributed by atoms with Crippen LogP contribution in [0.1, 0.15) is 37.8 Å². The summed E-state index contributed by atoms with van der Waals surface area (Å²) in [5.41, 5.74) is 2.50. The summed E-state index contributed by atoms with van der Waals surface area (Å²) in [6.45, 7) is 4.44. The zero-order valence-electron chi connectivity index (χ0n) is 12.3. The highest BCUT2D eigenvalue weighted by molar-refractivity contribution is 5.56. The molecule has 0 aliphatic carbocycles. The van der Waals surface area contributed by atoms with E-state index in [1.54, 1.807) is 0 Å². The average molecular weight is 278 g/mol. The second kappa shape index (κ2) is 7.62. The van der Waals surface area contributed by atoms with Crippen LogP contribution in [0.15, 0.2) is 24.3 Å². The smallest absolute Gasteiger partial charge is 0.0945 e. The van der Waals surface area contributed by atoms with Gasteiger partial charge in [-0.3, -0.25) is 0 Å². The third-order valence-corrected chi connectivity index (χ3v) is 3.86. The van der Waals surface area contributed by atoms with Crippen molar-refractivity contribution in [1.29, 1.82) is 0 Å². The molecule has 0 fully saturated rings. The summed E-state index contributed by atoms with van der Waals surface area (Å²) in [6, 6.07) is 8.80. The maximum Gasteiger partial charge on any atom is 0.0945 e. The van der Waals surface area contributed by atoms with Crippen LogP contribution in [0.3, 0.4) is 0 Å². The maximum atomic E-state index is 9.73. The van der Waals surface area contributed by atoms with Crippen LogP contribution in [-0.2, 0) is 0 Å². The summed E-state index contributed by atoms with van der Waals surface area (Å²) in [6.07, 6.45) is 2.66. The van der Waals surface area contributed by atoms with Gasteiger partial charge in [0.25, 0.3) is 0 Å². The molecule has 0 radical (unpaired) electrons. The van der Waals surface area contributed by atoms with Crippen LogP contribution in [0.25, 0.3) is 0 Å². The second-order valence-electron chi connectivity index (χ2n) is 5.49. The number of hydrogen-bond donors (Lipinski definition) is 3. The van der Waals surface area contributed by atoms with Gasteiger partial charge in [0, 0.05) is 24.8 Å². The molecule has 1 aromatic rings. The molecule has 2 atom stereocenters. The Labute approximate surface area is 121 Å². The summed E-state index contributed by atoms with van der Waals surface area (Å²) in [4.78, 5) is 2.20. The van der Waals surface area contributed by atoms with E-state index in [-0.39, 0.29) is 6.61 Å². The van der Waals surface area contributed by atoms with Gasteiger partial charge in [-0.2, -0.15) is 0 Å². The van der Waals surface area contributed by atoms with Crippen molar-refractivity contribution in [2.75, 3.05) is 31.1 Å². The van der Waals surface area contributed by atoms with Gasteiger partial charge in [0.15, 0.2) is 0 Å². The highest BCUT2D eigenvalue weighted by atomic mass is 16.3. The molecule has 1 aliphatic heterocycles. The van der Waals surface area contributed by atoms with Gasteiger partial charge in [-0.05, 0) is 37.4 Å². The molecule has 0 bridgehead atoms. The number of nitrogens with one attached hydrogen (secondary N) is 1. The van der Waals surface area contributed by atoms with E-state index in [4.69, 9.17) is 5.11 Å². The fraction of sp³-hybridized carbons (Fsp3) is 0.625. The van der Waals surface area contributed by atoms with E-state index in [0.29, 0.717) is 12.6 Å². The van der Waals surface area contributed by atoms with E-state index in [1.165, 1.54) is 11.3 Å². The van der Waals surface area contributed by atoms with Crippen LogP contribution in [0.2, 0.25) is 0 Å². The molecule has 112 valence electrons. The van der Waals surface area contributed by atoms with Gasteiger partial charge in [0.1, 0.15) is 0 Å². The van der Waals surface area contributed by atoms with Crippen molar-refractivity contribution >= 4 is 5.69 Å². The fourth-order valence-electron chi connectivity index (χ4n) is 2.86. The zero-order chi connectivity index (χ0) is 14.4. The summed E-state index contributed by atoms with van der Waals surface area (Å²) in [7, 11) is 0. The minimum atomic E-state index is -0.678. The number of β-amino-alcohol motifs (C(OH)–C–C–N with tert-alkyl or cyclic N) is 1. The fourth-order valence-corrected chi connectivity index (χ4v) is 2.86. The van der Waals surface area contributed by atoms with E-state index in [9.17, 15) is 5.11 Å². The first-order valence-electron chi connectivity index (χ1n) is 7.62. The predicted octanol–water partition coefficient (Wildman–Crippen LogP) is 1.68. The van der Waals surface area contributed by atoms with E-state index in [2.05, 4.69) is 35.3 Å². The molecule has 2 unspecified atom stereocenters. The van der Waals surface area contributed by atoms with Crippen LogP contribution in [-0.4, -0.2) is 42.6 Å². The Balaban J connectivity index is 2.20. The van der Waals surface area contributed by atoms with E-state index >= 15 is 0 Å². The molecule has 0 amide bonds. The number of aliphatic hydroxyl groups is 2. The van der Waals surface area contributed by atoms with Crippen molar-refractivity contribution < 1.29 is 10.2 Å². The Morgan fingerprint density at radius 1 is 1.40 bits per heavy atom. The van der Waals surface area contributed by atoms with Gasteiger partial charge in [-0.1, -0.05) is 25.1 Å². The quantitative estimate of drug-likeness (QED) is 0.741. The predicted molar refractivity (Wildman–Crippen MR) is 82.0 cm³/mol. The minimum Gasteiger partial charge on any atom is -0.394 e. The third-order valence-electron chi connectivity index (χ3n) is 3.86. The Bertz CT molecular complexity index is 411. The Morgan fingerprint density at radius 2 is 2.20 bits per heavy atom. The van der Waals surface area contributed by atoms with E-state index in [1.807, 2.05) is 6.07 Å². The average Bonchev–Trinajstić information content (AvgIpc) is 2.65. The first-order valence-corrected chi connectivity index (χ1v) is 7.62. The SMILES string of the molecule is CCCNC1CCCN(CC(O)CO)c2ccccc21. The summed E-state index contributed by atoms with van der Waals surface area (Å²) in [5, 5.41) is 22.4. The van der Waals surface area contributed by atoms with Crippen molar-refractivity contribution in [2.24, 2.45) is 0 Å². The van der Waals surface area contributed by atoms with Crippen LogP contribution >= 0.6 is 0 Å². The van der Waals surface area contributed by atoms with Crippen molar-refractivity contribution in [3.63, 3.8) is 0 Å². The molecule has 3 N–H and O–H groups in total. The number of anilines is 1. The lowest BCUT2D eigenvalue weighted by molar-refractivity contribution is 0.0999. The molecule has 1 heterocycles. The molecule has 0 spiro atoms. The zero-order valence-corrected chi connectivity index (χ0v) is 12.3. The van der Waals surface area contributed by atoms with Crippen molar-refractivity contribution in [3.8, 4) is 0 Å².